The number of hydrogen-bond acceptors (Lipinski definition) is 3. The van der Waals surface area contributed by atoms with E-state index in [1.54, 1.807) is 17.2 Å². The number of rotatable bonds is 3. The molecule has 1 aliphatic heterocycles. The summed E-state index contributed by atoms with van der Waals surface area (Å²) in [6.45, 7) is 0.895. The molecule has 1 saturated heterocycles. The van der Waals surface area contributed by atoms with Crippen LogP contribution >= 0.6 is 0 Å². The number of likely N-dealkylation sites (tertiary alicyclic amines) is 1. The van der Waals surface area contributed by atoms with Crippen molar-refractivity contribution in [2.75, 3.05) is 13.1 Å². The first-order valence-electron chi connectivity index (χ1n) is 7.27. The number of nitrogens with zero attached hydrogens (tertiary/aromatic N) is 3. The van der Waals surface area contributed by atoms with Crippen molar-refractivity contribution < 1.29 is 14.7 Å². The monoisotopic (exact) mass is 299 g/mol. The number of carbonyl (C=O) groups is 2. The van der Waals surface area contributed by atoms with Gasteiger partial charge in [0.2, 0.25) is 5.91 Å². The van der Waals surface area contributed by atoms with Gasteiger partial charge in [0.15, 0.2) is 0 Å². The summed E-state index contributed by atoms with van der Waals surface area (Å²) in [5, 5.41) is 9.07. The molecule has 6 heteroatoms. The van der Waals surface area contributed by atoms with Gasteiger partial charge in [0, 0.05) is 25.4 Å². The van der Waals surface area contributed by atoms with Gasteiger partial charge in [-0.25, -0.2) is 4.98 Å². The van der Waals surface area contributed by atoms with Crippen LogP contribution in [0.15, 0.2) is 36.7 Å². The molecule has 1 fully saturated rings. The molecule has 0 radical (unpaired) electrons. The normalized spacial score (nSPS) is 18.9. The van der Waals surface area contributed by atoms with Gasteiger partial charge in [0.05, 0.1) is 17.8 Å². The maximum Gasteiger partial charge on any atom is 0.308 e. The highest BCUT2D eigenvalue weighted by Crippen LogP contribution is 2.17. The SMILES string of the molecule is O=C(O)C1CCCN(C(=O)/C=C/c2cnc3ccccn23)C1. The fraction of sp³-hybridized carbons (Fsp3) is 0.312. The van der Waals surface area contributed by atoms with E-state index >= 15 is 0 Å². The fourth-order valence-corrected chi connectivity index (χ4v) is 2.72. The third-order valence-electron chi connectivity index (χ3n) is 3.92. The van der Waals surface area contributed by atoms with E-state index in [-0.39, 0.29) is 12.5 Å². The van der Waals surface area contributed by atoms with Crippen LogP contribution in [0.4, 0.5) is 0 Å². The number of carboxylic acids is 1. The van der Waals surface area contributed by atoms with E-state index in [0.29, 0.717) is 13.0 Å². The second-order valence-corrected chi connectivity index (χ2v) is 5.41. The highest BCUT2D eigenvalue weighted by atomic mass is 16.4. The van der Waals surface area contributed by atoms with Crippen LogP contribution in [0.2, 0.25) is 0 Å². The molecule has 22 heavy (non-hydrogen) atoms. The Hall–Kier alpha value is -2.63. The average molecular weight is 299 g/mol. The molecule has 3 rings (SSSR count). The minimum atomic E-state index is -0.830. The molecular formula is C16H17N3O3. The predicted octanol–water partition coefficient (Wildman–Crippen LogP) is 1.67. The molecule has 0 aromatic carbocycles. The minimum Gasteiger partial charge on any atom is -0.481 e. The average Bonchev–Trinajstić information content (AvgIpc) is 2.96. The van der Waals surface area contributed by atoms with E-state index in [4.69, 9.17) is 5.11 Å². The van der Waals surface area contributed by atoms with Crippen molar-refractivity contribution in [3.63, 3.8) is 0 Å². The van der Waals surface area contributed by atoms with Gasteiger partial charge >= 0.3 is 5.97 Å². The number of amides is 1. The molecule has 3 heterocycles. The molecule has 2 aromatic rings. The lowest BCUT2D eigenvalue weighted by Gasteiger charge is -2.29. The summed E-state index contributed by atoms with van der Waals surface area (Å²) in [6, 6.07) is 5.69. The van der Waals surface area contributed by atoms with Gasteiger partial charge in [-0.2, -0.15) is 0 Å². The zero-order valence-corrected chi connectivity index (χ0v) is 12.1. The number of carbonyl (C=O) groups excluding carboxylic acids is 1. The first kappa shape index (κ1) is 14.3. The van der Waals surface area contributed by atoms with Crippen LogP contribution in [0.3, 0.4) is 0 Å². The van der Waals surface area contributed by atoms with E-state index in [2.05, 4.69) is 4.98 Å². The summed E-state index contributed by atoms with van der Waals surface area (Å²) in [5.74, 6) is -1.44. The number of aromatic nitrogens is 2. The molecule has 0 aliphatic carbocycles. The molecule has 2 aromatic heterocycles. The summed E-state index contributed by atoms with van der Waals surface area (Å²) in [7, 11) is 0. The molecule has 0 bridgehead atoms. The summed E-state index contributed by atoms with van der Waals surface area (Å²) < 4.78 is 1.89. The third-order valence-corrected chi connectivity index (χ3v) is 3.92. The summed E-state index contributed by atoms with van der Waals surface area (Å²) in [5.41, 5.74) is 1.63. The quantitative estimate of drug-likeness (QED) is 0.875. The molecule has 1 unspecified atom stereocenters. The highest BCUT2D eigenvalue weighted by molar-refractivity contribution is 5.92. The molecule has 114 valence electrons. The number of piperidine rings is 1. The van der Waals surface area contributed by atoms with Crippen molar-refractivity contribution in [2.24, 2.45) is 5.92 Å². The maximum atomic E-state index is 12.2. The number of pyridine rings is 1. The van der Waals surface area contributed by atoms with Crippen LogP contribution in [0.1, 0.15) is 18.5 Å². The zero-order valence-electron chi connectivity index (χ0n) is 12.1. The Morgan fingerprint density at radius 2 is 2.23 bits per heavy atom. The van der Waals surface area contributed by atoms with Crippen molar-refractivity contribution in [1.82, 2.24) is 14.3 Å². The Morgan fingerprint density at radius 1 is 1.36 bits per heavy atom. The van der Waals surface area contributed by atoms with Gasteiger partial charge in [-0.15, -0.1) is 0 Å². The largest absolute Gasteiger partial charge is 0.481 e. The van der Waals surface area contributed by atoms with E-state index in [1.165, 1.54) is 6.08 Å². The van der Waals surface area contributed by atoms with Crippen LogP contribution in [0.5, 0.6) is 0 Å². The van der Waals surface area contributed by atoms with Gasteiger partial charge < -0.3 is 14.4 Å². The van der Waals surface area contributed by atoms with Crippen LogP contribution < -0.4 is 0 Å². The molecule has 1 N–H and O–H groups in total. The molecule has 0 spiro atoms. The van der Waals surface area contributed by atoms with Crippen molar-refractivity contribution in [1.29, 1.82) is 0 Å². The van der Waals surface area contributed by atoms with Crippen LogP contribution in [-0.2, 0) is 9.59 Å². The standard InChI is InChI=1S/C16H17N3O3/c20-15(18-8-3-4-12(11-18)16(21)22)7-6-13-10-17-14-5-1-2-9-19(13)14/h1-2,5-7,9-10,12H,3-4,8,11H2,(H,21,22)/b7-6+. The molecule has 1 atom stereocenters. The van der Waals surface area contributed by atoms with Gasteiger partial charge in [-0.1, -0.05) is 6.07 Å². The minimum absolute atomic E-state index is 0.156. The van der Waals surface area contributed by atoms with E-state index < -0.39 is 11.9 Å². The molecule has 6 nitrogen and oxygen atoms in total. The zero-order chi connectivity index (χ0) is 15.5. The number of carboxylic acid groups (broad SMARTS) is 1. The van der Waals surface area contributed by atoms with Crippen molar-refractivity contribution in [3.8, 4) is 0 Å². The van der Waals surface area contributed by atoms with E-state index in [0.717, 1.165) is 17.8 Å². The smallest absolute Gasteiger partial charge is 0.308 e. The first-order valence-corrected chi connectivity index (χ1v) is 7.27. The van der Waals surface area contributed by atoms with E-state index in [1.807, 2.05) is 28.8 Å². The van der Waals surface area contributed by atoms with Gasteiger partial charge in [0.25, 0.3) is 0 Å². The number of aliphatic carboxylic acids is 1. The summed E-state index contributed by atoms with van der Waals surface area (Å²) >= 11 is 0. The Labute approximate surface area is 127 Å². The lowest BCUT2D eigenvalue weighted by Crippen LogP contribution is -2.41. The number of imidazole rings is 1. The third kappa shape index (κ3) is 2.86. The number of hydrogen-bond donors (Lipinski definition) is 1. The lowest BCUT2D eigenvalue weighted by atomic mass is 9.98. The van der Waals surface area contributed by atoms with Gasteiger partial charge in [-0.05, 0) is 31.1 Å². The summed E-state index contributed by atoms with van der Waals surface area (Å²) in [4.78, 5) is 29.1. The molecule has 1 aliphatic rings. The lowest BCUT2D eigenvalue weighted by molar-refractivity contribution is -0.144. The van der Waals surface area contributed by atoms with Crippen molar-refractivity contribution in [3.05, 3.63) is 42.4 Å². The Kier molecular flexibility index (Phi) is 3.91. The van der Waals surface area contributed by atoms with Crippen LogP contribution in [0.25, 0.3) is 11.7 Å². The number of fused-ring (bicyclic) bond motifs is 1. The maximum absolute atomic E-state index is 12.2. The fourth-order valence-electron chi connectivity index (χ4n) is 2.72. The Morgan fingerprint density at radius 3 is 3.05 bits per heavy atom. The Bertz CT molecular complexity index is 735. The van der Waals surface area contributed by atoms with Crippen molar-refractivity contribution >= 4 is 23.6 Å². The molecule has 0 saturated carbocycles. The first-order chi connectivity index (χ1) is 10.6. The van der Waals surface area contributed by atoms with Gasteiger partial charge in [0.1, 0.15) is 5.65 Å². The highest BCUT2D eigenvalue weighted by Gasteiger charge is 2.27. The molecular weight excluding hydrogens is 282 g/mol. The second-order valence-electron chi connectivity index (χ2n) is 5.41. The van der Waals surface area contributed by atoms with Crippen LogP contribution in [0, 0.1) is 5.92 Å². The van der Waals surface area contributed by atoms with E-state index in [9.17, 15) is 9.59 Å². The van der Waals surface area contributed by atoms with Crippen LogP contribution in [-0.4, -0.2) is 44.4 Å². The molecule has 1 amide bonds. The topological polar surface area (TPSA) is 74.9 Å². The second kappa shape index (κ2) is 6.01. The Balaban J connectivity index is 1.72. The predicted molar refractivity (Wildman–Crippen MR) is 81.2 cm³/mol. The van der Waals surface area contributed by atoms with Crippen molar-refractivity contribution in [2.45, 2.75) is 12.8 Å². The summed E-state index contributed by atoms with van der Waals surface area (Å²) in [6.07, 6.45) is 8.15. The van der Waals surface area contributed by atoms with Gasteiger partial charge in [-0.3, -0.25) is 9.59 Å².